The molecule has 0 radical (unpaired) electrons. The topological polar surface area (TPSA) is 75.6 Å². The van der Waals surface area contributed by atoms with Gasteiger partial charge in [-0.05, 0) is 54.7 Å². The third-order valence-electron chi connectivity index (χ3n) is 4.10. The summed E-state index contributed by atoms with van der Waals surface area (Å²) in [5.41, 5.74) is 1.75. The molecule has 1 unspecified atom stereocenters. The summed E-state index contributed by atoms with van der Waals surface area (Å²) in [6, 6.07) is 10.4. The van der Waals surface area contributed by atoms with Gasteiger partial charge in [-0.2, -0.15) is 0 Å². The van der Waals surface area contributed by atoms with E-state index < -0.39 is 17.8 Å². The molecular weight excluding hydrogens is 337 g/mol. The number of halogens is 1. The number of methoxy groups -OCH3 is 1. The molecule has 1 amide bonds. The third-order valence-corrected chi connectivity index (χ3v) is 4.10. The largest absolute Gasteiger partial charge is 0.497 e. The first kappa shape index (κ1) is 19.4. The zero-order valence-corrected chi connectivity index (χ0v) is 14.8. The highest BCUT2D eigenvalue weighted by Gasteiger charge is 2.22. The van der Waals surface area contributed by atoms with E-state index in [1.165, 1.54) is 18.2 Å². The van der Waals surface area contributed by atoms with Gasteiger partial charge in [-0.15, -0.1) is 0 Å². The van der Waals surface area contributed by atoms with E-state index in [-0.39, 0.29) is 12.3 Å². The van der Waals surface area contributed by atoms with Crippen LogP contribution in [0.2, 0.25) is 0 Å². The number of ether oxygens (including phenoxy) is 1. The number of aryl methyl sites for hydroxylation is 2. The van der Waals surface area contributed by atoms with Crippen molar-refractivity contribution in [2.24, 2.45) is 0 Å². The molecule has 0 bridgehead atoms. The molecule has 5 nitrogen and oxygen atoms in total. The maximum absolute atomic E-state index is 13.4. The predicted octanol–water partition coefficient (Wildman–Crippen LogP) is 3.41. The number of carboxylic acids is 1. The van der Waals surface area contributed by atoms with E-state index in [2.05, 4.69) is 5.32 Å². The average Bonchev–Trinajstić information content (AvgIpc) is 2.62. The highest BCUT2D eigenvalue weighted by molar-refractivity contribution is 5.84. The predicted molar refractivity (Wildman–Crippen MR) is 95.6 cm³/mol. The summed E-state index contributed by atoms with van der Waals surface area (Å²) in [5.74, 6) is -1.18. The zero-order chi connectivity index (χ0) is 19.1. The van der Waals surface area contributed by atoms with Crippen LogP contribution < -0.4 is 10.1 Å². The fourth-order valence-electron chi connectivity index (χ4n) is 2.61. The fourth-order valence-corrected chi connectivity index (χ4v) is 2.61. The van der Waals surface area contributed by atoms with Crippen LogP contribution in [0.15, 0.2) is 42.5 Å². The Hall–Kier alpha value is -2.89. The Labute approximate surface area is 151 Å². The number of amides is 1. The molecule has 26 heavy (non-hydrogen) atoms. The van der Waals surface area contributed by atoms with E-state index in [0.29, 0.717) is 24.0 Å². The highest BCUT2D eigenvalue weighted by atomic mass is 19.1. The number of rotatable bonds is 8. The molecule has 2 aromatic carbocycles. The van der Waals surface area contributed by atoms with E-state index in [9.17, 15) is 19.1 Å². The van der Waals surface area contributed by atoms with Gasteiger partial charge >= 0.3 is 5.97 Å². The lowest BCUT2D eigenvalue weighted by atomic mass is 10.0. The molecule has 0 saturated carbocycles. The van der Waals surface area contributed by atoms with Gasteiger partial charge in [0.25, 0.3) is 0 Å². The van der Waals surface area contributed by atoms with Gasteiger partial charge in [0.1, 0.15) is 11.6 Å². The van der Waals surface area contributed by atoms with Crippen molar-refractivity contribution in [2.75, 3.05) is 7.11 Å². The monoisotopic (exact) mass is 359 g/mol. The Morgan fingerprint density at radius 2 is 1.88 bits per heavy atom. The number of hydrogen-bond acceptors (Lipinski definition) is 3. The molecule has 0 aliphatic heterocycles. The molecule has 0 aliphatic carbocycles. The fraction of sp³-hybridized carbons (Fsp3) is 0.300. The van der Waals surface area contributed by atoms with Crippen molar-refractivity contribution >= 4 is 11.9 Å². The summed E-state index contributed by atoms with van der Waals surface area (Å²) in [6.45, 7) is 1.55. The Bertz CT molecular complexity index is 774. The quantitative estimate of drug-likeness (QED) is 0.757. The molecule has 138 valence electrons. The molecule has 0 fully saturated rings. The number of benzene rings is 2. The zero-order valence-electron chi connectivity index (χ0n) is 14.8. The van der Waals surface area contributed by atoms with Crippen molar-refractivity contribution in [1.82, 2.24) is 5.32 Å². The molecule has 0 aromatic heterocycles. The van der Waals surface area contributed by atoms with Crippen LogP contribution in [0, 0.1) is 12.7 Å². The summed E-state index contributed by atoms with van der Waals surface area (Å²) in [4.78, 5) is 23.6. The maximum Gasteiger partial charge on any atom is 0.330 e. The summed E-state index contributed by atoms with van der Waals surface area (Å²) in [7, 11) is 1.60. The minimum atomic E-state index is -1.19. The van der Waals surface area contributed by atoms with Gasteiger partial charge in [0, 0.05) is 6.42 Å². The smallest absolute Gasteiger partial charge is 0.330 e. The molecule has 1 atom stereocenters. The lowest BCUT2D eigenvalue weighted by molar-refractivity contribution is -0.142. The summed E-state index contributed by atoms with van der Waals surface area (Å²) < 4.78 is 18.5. The molecule has 0 saturated heterocycles. The second-order valence-electron chi connectivity index (χ2n) is 6.05. The van der Waals surface area contributed by atoms with E-state index in [1.807, 2.05) is 24.3 Å². The molecule has 0 heterocycles. The average molecular weight is 359 g/mol. The number of nitrogens with one attached hydrogen (secondary N) is 1. The molecule has 2 rings (SSSR count). The standard InChI is InChI=1S/C20H22FNO4/c1-13-12-15(8-11-17(13)21)19(20(24)25)22-18(23)5-3-4-14-6-9-16(26-2)10-7-14/h6-12,19H,3-5H2,1-2H3,(H,22,23)(H,24,25). The van der Waals surface area contributed by atoms with Crippen molar-refractivity contribution in [3.05, 3.63) is 65.0 Å². The van der Waals surface area contributed by atoms with Crippen LogP contribution in [0.5, 0.6) is 5.75 Å². The van der Waals surface area contributed by atoms with Gasteiger partial charge in [0.2, 0.25) is 5.91 Å². The van der Waals surface area contributed by atoms with Crippen LogP contribution >= 0.6 is 0 Å². The Kier molecular flexibility index (Phi) is 6.72. The van der Waals surface area contributed by atoms with Crippen LogP contribution in [0.1, 0.15) is 35.6 Å². The van der Waals surface area contributed by atoms with Crippen LogP contribution in [-0.4, -0.2) is 24.1 Å². The number of carboxylic acid groups (broad SMARTS) is 1. The molecule has 2 N–H and O–H groups in total. The van der Waals surface area contributed by atoms with Crippen molar-refractivity contribution < 1.29 is 23.8 Å². The Morgan fingerprint density at radius 3 is 2.46 bits per heavy atom. The van der Waals surface area contributed by atoms with Gasteiger partial charge < -0.3 is 15.2 Å². The lowest BCUT2D eigenvalue weighted by Gasteiger charge is -2.15. The normalized spacial score (nSPS) is 11.7. The number of carbonyl (C=O) groups excluding carboxylic acids is 1. The van der Waals surface area contributed by atoms with Crippen molar-refractivity contribution in [1.29, 1.82) is 0 Å². The highest BCUT2D eigenvalue weighted by Crippen LogP contribution is 2.18. The lowest BCUT2D eigenvalue weighted by Crippen LogP contribution is -2.33. The first-order chi connectivity index (χ1) is 12.4. The van der Waals surface area contributed by atoms with Crippen molar-refractivity contribution in [2.45, 2.75) is 32.2 Å². The molecule has 2 aromatic rings. The van der Waals surface area contributed by atoms with Gasteiger partial charge in [-0.25, -0.2) is 9.18 Å². The van der Waals surface area contributed by atoms with Crippen LogP contribution in [0.4, 0.5) is 4.39 Å². The second kappa shape index (κ2) is 8.99. The molecule has 0 aliphatic rings. The Balaban J connectivity index is 1.90. The van der Waals surface area contributed by atoms with Gasteiger partial charge in [0.05, 0.1) is 7.11 Å². The number of aliphatic carboxylic acids is 1. The van der Waals surface area contributed by atoms with E-state index in [0.717, 1.165) is 11.3 Å². The van der Waals surface area contributed by atoms with Crippen molar-refractivity contribution in [3.8, 4) is 5.75 Å². The van der Waals surface area contributed by atoms with Gasteiger partial charge in [0.15, 0.2) is 6.04 Å². The molecule has 6 heteroatoms. The molecular formula is C20H22FNO4. The van der Waals surface area contributed by atoms with Gasteiger partial charge in [-0.3, -0.25) is 4.79 Å². The van der Waals surface area contributed by atoms with Gasteiger partial charge in [-0.1, -0.05) is 24.3 Å². The number of hydrogen-bond donors (Lipinski definition) is 2. The van der Waals surface area contributed by atoms with Crippen molar-refractivity contribution in [3.63, 3.8) is 0 Å². The maximum atomic E-state index is 13.4. The van der Waals surface area contributed by atoms with Crippen LogP contribution in [0.25, 0.3) is 0 Å². The van der Waals surface area contributed by atoms with E-state index in [4.69, 9.17) is 4.74 Å². The molecule has 0 spiro atoms. The summed E-state index contributed by atoms with van der Waals surface area (Å²) in [5, 5.41) is 11.9. The third kappa shape index (κ3) is 5.31. The van der Waals surface area contributed by atoms with E-state index >= 15 is 0 Å². The summed E-state index contributed by atoms with van der Waals surface area (Å²) in [6.07, 6.45) is 1.49. The minimum absolute atomic E-state index is 0.204. The second-order valence-corrected chi connectivity index (χ2v) is 6.05. The first-order valence-corrected chi connectivity index (χ1v) is 8.32. The first-order valence-electron chi connectivity index (χ1n) is 8.32. The van der Waals surface area contributed by atoms with Crippen LogP contribution in [-0.2, 0) is 16.0 Å². The Morgan fingerprint density at radius 1 is 1.19 bits per heavy atom. The van der Waals surface area contributed by atoms with E-state index in [1.54, 1.807) is 14.0 Å². The SMILES string of the molecule is COc1ccc(CCCC(=O)NC(C(=O)O)c2ccc(F)c(C)c2)cc1. The van der Waals surface area contributed by atoms with Crippen LogP contribution in [0.3, 0.4) is 0 Å². The summed E-state index contributed by atoms with van der Waals surface area (Å²) >= 11 is 0. The number of carbonyl (C=O) groups is 2. The minimum Gasteiger partial charge on any atom is -0.497 e.